The summed E-state index contributed by atoms with van der Waals surface area (Å²) >= 11 is 1.76. The number of thiophene rings is 1. The Morgan fingerprint density at radius 2 is 2.29 bits per heavy atom. The van der Waals surface area contributed by atoms with E-state index in [1.165, 1.54) is 4.88 Å². The predicted octanol–water partition coefficient (Wildman–Crippen LogP) is 2.02. The molecule has 0 spiro atoms. The van der Waals surface area contributed by atoms with Crippen LogP contribution in [0.2, 0.25) is 0 Å². The largest absolute Gasteiger partial charge is 0.379 e. The standard InChI is InChI=1S/C18H29N3O2S/c1-18(2)6-4-7-19-16(18)17(22)20-13-14(15-5-3-12-24-15)21-8-10-23-11-9-21/h3,5,12,14,16,19H,4,6-11,13H2,1-2H3,(H,20,22). The third-order valence-electron chi connectivity index (χ3n) is 5.22. The van der Waals surface area contributed by atoms with Crippen LogP contribution in [0.1, 0.15) is 37.6 Å². The molecule has 2 unspecified atom stereocenters. The number of piperidine rings is 1. The van der Waals surface area contributed by atoms with Crippen molar-refractivity contribution in [2.75, 3.05) is 39.4 Å². The first kappa shape index (κ1) is 17.9. The molecule has 0 aliphatic carbocycles. The number of hydrogen-bond acceptors (Lipinski definition) is 5. The van der Waals surface area contributed by atoms with Gasteiger partial charge in [0.25, 0.3) is 0 Å². The number of nitrogens with one attached hydrogen (secondary N) is 2. The molecule has 2 aliphatic heterocycles. The van der Waals surface area contributed by atoms with E-state index in [4.69, 9.17) is 4.74 Å². The molecule has 0 radical (unpaired) electrons. The lowest BCUT2D eigenvalue weighted by molar-refractivity contribution is -0.127. The molecule has 134 valence electrons. The first-order valence-electron chi connectivity index (χ1n) is 8.94. The Morgan fingerprint density at radius 1 is 1.50 bits per heavy atom. The van der Waals surface area contributed by atoms with Gasteiger partial charge in [0.05, 0.1) is 25.3 Å². The van der Waals surface area contributed by atoms with Crippen molar-refractivity contribution in [3.63, 3.8) is 0 Å². The molecular formula is C18H29N3O2S. The molecule has 2 N–H and O–H groups in total. The van der Waals surface area contributed by atoms with Gasteiger partial charge in [0, 0.05) is 24.5 Å². The van der Waals surface area contributed by atoms with E-state index in [2.05, 4.69) is 46.9 Å². The van der Waals surface area contributed by atoms with E-state index >= 15 is 0 Å². The fourth-order valence-corrected chi connectivity index (χ4v) is 4.60. The Bertz CT molecular complexity index is 526. The van der Waals surface area contributed by atoms with Crippen LogP contribution in [0, 0.1) is 5.41 Å². The molecule has 3 rings (SSSR count). The van der Waals surface area contributed by atoms with E-state index in [1.54, 1.807) is 11.3 Å². The SMILES string of the molecule is CC1(C)CCCNC1C(=O)NCC(c1cccs1)N1CCOCC1. The monoisotopic (exact) mass is 351 g/mol. The molecule has 0 saturated carbocycles. The van der Waals surface area contributed by atoms with Crippen molar-refractivity contribution in [3.8, 4) is 0 Å². The third-order valence-corrected chi connectivity index (χ3v) is 6.19. The second kappa shape index (κ2) is 7.95. The summed E-state index contributed by atoms with van der Waals surface area (Å²) in [7, 11) is 0. The molecule has 3 heterocycles. The van der Waals surface area contributed by atoms with Gasteiger partial charge in [-0.3, -0.25) is 9.69 Å². The minimum atomic E-state index is -0.0973. The molecule has 6 heteroatoms. The average Bonchev–Trinajstić information content (AvgIpc) is 3.10. The van der Waals surface area contributed by atoms with Crippen LogP contribution < -0.4 is 10.6 Å². The quantitative estimate of drug-likeness (QED) is 0.852. The number of carbonyl (C=O) groups is 1. The summed E-state index contributed by atoms with van der Waals surface area (Å²) in [5.74, 6) is 0.134. The molecule has 1 amide bonds. The maximum absolute atomic E-state index is 12.8. The summed E-state index contributed by atoms with van der Waals surface area (Å²) in [6, 6.07) is 4.39. The van der Waals surface area contributed by atoms with Crippen molar-refractivity contribution in [1.29, 1.82) is 0 Å². The van der Waals surface area contributed by atoms with Gasteiger partial charge in [0.1, 0.15) is 0 Å². The van der Waals surface area contributed by atoms with Crippen LogP contribution in [-0.4, -0.2) is 56.2 Å². The summed E-state index contributed by atoms with van der Waals surface area (Å²) in [5, 5.41) is 8.73. The molecule has 0 aromatic carbocycles. The number of amides is 1. The smallest absolute Gasteiger partial charge is 0.237 e. The van der Waals surface area contributed by atoms with Crippen LogP contribution in [0.15, 0.2) is 17.5 Å². The van der Waals surface area contributed by atoms with Crippen molar-refractivity contribution in [1.82, 2.24) is 15.5 Å². The van der Waals surface area contributed by atoms with E-state index in [0.29, 0.717) is 6.54 Å². The van der Waals surface area contributed by atoms with Crippen LogP contribution >= 0.6 is 11.3 Å². The molecule has 1 aromatic heterocycles. The number of ether oxygens (including phenoxy) is 1. The zero-order chi connectivity index (χ0) is 17.0. The highest BCUT2D eigenvalue weighted by molar-refractivity contribution is 7.10. The van der Waals surface area contributed by atoms with E-state index < -0.39 is 0 Å². The highest BCUT2D eigenvalue weighted by atomic mass is 32.1. The van der Waals surface area contributed by atoms with Gasteiger partial charge in [-0.25, -0.2) is 0 Å². The van der Waals surface area contributed by atoms with Gasteiger partial charge in [-0.05, 0) is 36.2 Å². The van der Waals surface area contributed by atoms with E-state index in [0.717, 1.165) is 45.7 Å². The number of morpholine rings is 1. The maximum atomic E-state index is 12.8. The Kier molecular flexibility index (Phi) is 5.92. The Hall–Kier alpha value is -0.950. The van der Waals surface area contributed by atoms with E-state index in [9.17, 15) is 4.79 Å². The minimum Gasteiger partial charge on any atom is -0.379 e. The first-order chi connectivity index (χ1) is 11.6. The highest BCUT2D eigenvalue weighted by Crippen LogP contribution is 2.30. The summed E-state index contributed by atoms with van der Waals surface area (Å²) < 4.78 is 5.48. The van der Waals surface area contributed by atoms with Crippen LogP contribution in [-0.2, 0) is 9.53 Å². The summed E-state index contributed by atoms with van der Waals surface area (Å²) in [6.45, 7) is 9.34. The second-order valence-corrected chi connectivity index (χ2v) is 8.38. The number of nitrogens with zero attached hydrogens (tertiary/aromatic N) is 1. The van der Waals surface area contributed by atoms with Gasteiger partial charge in [0.2, 0.25) is 5.91 Å². The number of rotatable bonds is 5. The lowest BCUT2D eigenvalue weighted by Crippen LogP contribution is -2.56. The van der Waals surface area contributed by atoms with Crippen LogP contribution in [0.3, 0.4) is 0 Å². The molecule has 1 aromatic rings. The van der Waals surface area contributed by atoms with Crippen molar-refractivity contribution >= 4 is 17.2 Å². The number of hydrogen-bond donors (Lipinski definition) is 2. The zero-order valence-electron chi connectivity index (χ0n) is 14.7. The zero-order valence-corrected chi connectivity index (χ0v) is 15.5. The molecule has 2 saturated heterocycles. The summed E-state index contributed by atoms with van der Waals surface area (Å²) in [5.41, 5.74) is 0.0136. The molecule has 5 nitrogen and oxygen atoms in total. The van der Waals surface area contributed by atoms with Gasteiger partial charge in [-0.1, -0.05) is 19.9 Å². The fourth-order valence-electron chi connectivity index (χ4n) is 3.74. The minimum absolute atomic E-state index is 0.0136. The van der Waals surface area contributed by atoms with Crippen molar-refractivity contribution in [3.05, 3.63) is 22.4 Å². The molecule has 0 bridgehead atoms. The second-order valence-electron chi connectivity index (χ2n) is 7.40. The molecule has 24 heavy (non-hydrogen) atoms. The highest BCUT2D eigenvalue weighted by Gasteiger charge is 2.37. The van der Waals surface area contributed by atoms with Gasteiger partial charge in [0.15, 0.2) is 0 Å². The van der Waals surface area contributed by atoms with E-state index in [1.807, 2.05) is 0 Å². The molecule has 2 atom stereocenters. The van der Waals surface area contributed by atoms with Crippen LogP contribution in [0.25, 0.3) is 0 Å². The lowest BCUT2D eigenvalue weighted by Gasteiger charge is -2.39. The topological polar surface area (TPSA) is 53.6 Å². The first-order valence-corrected chi connectivity index (χ1v) is 9.82. The van der Waals surface area contributed by atoms with Crippen molar-refractivity contribution in [2.24, 2.45) is 5.41 Å². The fraction of sp³-hybridized carbons (Fsp3) is 0.722. The lowest BCUT2D eigenvalue weighted by atomic mass is 9.77. The summed E-state index contributed by atoms with van der Waals surface area (Å²) in [6.07, 6.45) is 2.23. The van der Waals surface area contributed by atoms with Crippen molar-refractivity contribution < 1.29 is 9.53 Å². The van der Waals surface area contributed by atoms with Crippen LogP contribution in [0.4, 0.5) is 0 Å². The molecule has 2 aliphatic rings. The number of carbonyl (C=O) groups excluding carboxylic acids is 1. The van der Waals surface area contributed by atoms with Crippen molar-refractivity contribution in [2.45, 2.75) is 38.8 Å². The van der Waals surface area contributed by atoms with Gasteiger partial charge in [-0.2, -0.15) is 0 Å². The average molecular weight is 352 g/mol. The molecular weight excluding hydrogens is 322 g/mol. The normalized spacial score (nSPS) is 26.0. The Morgan fingerprint density at radius 3 is 2.96 bits per heavy atom. The van der Waals surface area contributed by atoms with Gasteiger partial charge >= 0.3 is 0 Å². The molecule has 2 fully saturated rings. The Labute approximate surface area is 148 Å². The maximum Gasteiger partial charge on any atom is 0.237 e. The van der Waals surface area contributed by atoms with Gasteiger partial charge in [-0.15, -0.1) is 11.3 Å². The van der Waals surface area contributed by atoms with Gasteiger partial charge < -0.3 is 15.4 Å². The summed E-state index contributed by atoms with van der Waals surface area (Å²) in [4.78, 5) is 16.5. The van der Waals surface area contributed by atoms with E-state index in [-0.39, 0.29) is 23.4 Å². The Balaban J connectivity index is 1.63. The van der Waals surface area contributed by atoms with Crippen LogP contribution in [0.5, 0.6) is 0 Å². The third kappa shape index (κ3) is 4.17. The predicted molar refractivity (Wildman–Crippen MR) is 97.3 cm³/mol.